The molecule has 1 aromatic heterocycles. The maximum absolute atomic E-state index is 13.9. The van der Waals surface area contributed by atoms with Gasteiger partial charge >= 0.3 is 0 Å². The second-order valence-electron chi connectivity index (χ2n) is 6.94. The number of nitrogens with one attached hydrogen (secondary N) is 1. The van der Waals surface area contributed by atoms with Crippen molar-refractivity contribution in [2.75, 3.05) is 37.6 Å². The lowest BCUT2D eigenvalue weighted by atomic mass is 10.2. The summed E-state index contributed by atoms with van der Waals surface area (Å²) in [5, 5.41) is 2.83. The van der Waals surface area contributed by atoms with Crippen molar-refractivity contribution >= 4 is 11.6 Å². The molecule has 1 fully saturated rings. The number of aromatic nitrogens is 1. The Labute approximate surface area is 153 Å². The lowest BCUT2D eigenvalue weighted by molar-refractivity contribution is 0.0944. The van der Waals surface area contributed by atoms with Gasteiger partial charge in [0.15, 0.2) is 5.69 Å². The molecular weight excluding hydrogens is 335 g/mol. The van der Waals surface area contributed by atoms with Crippen LogP contribution in [0.1, 0.15) is 30.2 Å². The predicted octanol–water partition coefficient (Wildman–Crippen LogP) is 2.52. The molecule has 2 aromatic rings. The number of nitrogens with zero attached hydrogens (tertiary/aromatic N) is 3. The summed E-state index contributed by atoms with van der Waals surface area (Å²) in [6.07, 6.45) is 1.40. The molecule has 0 spiro atoms. The van der Waals surface area contributed by atoms with Crippen molar-refractivity contribution in [1.82, 2.24) is 15.2 Å². The Hall–Kier alpha value is -2.41. The summed E-state index contributed by atoms with van der Waals surface area (Å²) in [7, 11) is 0. The van der Waals surface area contributed by atoms with Crippen molar-refractivity contribution in [2.45, 2.75) is 20.4 Å². The number of carbonyl (C=O) groups excluding carboxylic acids is 1. The van der Waals surface area contributed by atoms with Crippen molar-refractivity contribution in [3.05, 3.63) is 47.9 Å². The van der Waals surface area contributed by atoms with Crippen LogP contribution < -0.4 is 10.2 Å². The van der Waals surface area contributed by atoms with E-state index in [1.165, 1.54) is 12.3 Å². The molecule has 1 aromatic carbocycles. The molecule has 26 heavy (non-hydrogen) atoms. The summed E-state index contributed by atoms with van der Waals surface area (Å²) in [6.45, 7) is 8.27. The molecule has 140 valence electrons. The van der Waals surface area contributed by atoms with Gasteiger partial charge in [-0.25, -0.2) is 9.37 Å². The van der Waals surface area contributed by atoms with Crippen LogP contribution in [0.3, 0.4) is 0 Å². The number of para-hydroxylation sites is 1. The van der Waals surface area contributed by atoms with E-state index in [0.29, 0.717) is 36.3 Å². The monoisotopic (exact) mass is 360 g/mol. The molecule has 0 radical (unpaired) electrons. The number of benzene rings is 1. The van der Waals surface area contributed by atoms with Gasteiger partial charge in [0.1, 0.15) is 12.1 Å². The number of oxazole rings is 1. The number of halogens is 1. The molecule has 1 aliphatic rings. The standard InChI is InChI=1S/C19H25FN4O2/c1-14(2)11-21-19(25)16-13-26-18(22-16)12-23-7-9-24(10-8-23)17-6-4-3-5-15(17)20/h3-6,13-14H,7-12H2,1-2H3,(H,21,25). The van der Waals surface area contributed by atoms with Crippen LogP contribution >= 0.6 is 0 Å². The Kier molecular flexibility index (Phi) is 5.88. The molecule has 1 aliphatic heterocycles. The summed E-state index contributed by atoms with van der Waals surface area (Å²) in [6, 6.07) is 6.84. The van der Waals surface area contributed by atoms with Crippen LogP contribution in [0, 0.1) is 11.7 Å². The Morgan fingerprint density at radius 2 is 2.00 bits per heavy atom. The zero-order valence-electron chi connectivity index (χ0n) is 15.2. The second-order valence-corrected chi connectivity index (χ2v) is 6.94. The third-order valence-electron chi connectivity index (χ3n) is 4.38. The third-order valence-corrected chi connectivity index (χ3v) is 4.38. The minimum absolute atomic E-state index is 0.189. The van der Waals surface area contributed by atoms with Gasteiger partial charge in [-0.15, -0.1) is 0 Å². The van der Waals surface area contributed by atoms with E-state index in [-0.39, 0.29) is 11.7 Å². The van der Waals surface area contributed by atoms with Gasteiger partial charge in [-0.3, -0.25) is 9.69 Å². The van der Waals surface area contributed by atoms with Crippen LogP contribution in [-0.4, -0.2) is 48.5 Å². The van der Waals surface area contributed by atoms with E-state index in [4.69, 9.17) is 4.42 Å². The minimum atomic E-state index is -0.210. The zero-order chi connectivity index (χ0) is 18.5. The number of piperazine rings is 1. The molecule has 3 rings (SSSR count). The molecule has 0 unspecified atom stereocenters. The highest BCUT2D eigenvalue weighted by Crippen LogP contribution is 2.20. The lowest BCUT2D eigenvalue weighted by Gasteiger charge is -2.35. The first-order valence-electron chi connectivity index (χ1n) is 8.97. The Morgan fingerprint density at radius 3 is 2.69 bits per heavy atom. The van der Waals surface area contributed by atoms with E-state index >= 15 is 0 Å². The van der Waals surface area contributed by atoms with Crippen LogP contribution in [0.5, 0.6) is 0 Å². The van der Waals surface area contributed by atoms with E-state index in [0.717, 1.165) is 26.2 Å². The topological polar surface area (TPSA) is 61.6 Å². The highest BCUT2D eigenvalue weighted by molar-refractivity contribution is 5.91. The Balaban J connectivity index is 1.51. The number of rotatable bonds is 6. The van der Waals surface area contributed by atoms with Crippen molar-refractivity contribution in [1.29, 1.82) is 0 Å². The lowest BCUT2D eigenvalue weighted by Crippen LogP contribution is -2.46. The summed E-state index contributed by atoms with van der Waals surface area (Å²) < 4.78 is 19.3. The highest BCUT2D eigenvalue weighted by Gasteiger charge is 2.21. The van der Waals surface area contributed by atoms with Crippen molar-refractivity contribution < 1.29 is 13.6 Å². The normalized spacial score (nSPS) is 15.5. The number of carbonyl (C=O) groups is 1. The van der Waals surface area contributed by atoms with Gasteiger partial charge in [-0.05, 0) is 18.1 Å². The van der Waals surface area contributed by atoms with E-state index in [2.05, 4.69) is 15.2 Å². The molecule has 1 N–H and O–H groups in total. The number of anilines is 1. The maximum atomic E-state index is 13.9. The molecular formula is C19H25FN4O2. The number of hydrogen-bond donors (Lipinski definition) is 1. The molecule has 0 saturated carbocycles. The highest BCUT2D eigenvalue weighted by atomic mass is 19.1. The first kappa shape index (κ1) is 18.4. The fraction of sp³-hybridized carbons (Fsp3) is 0.474. The van der Waals surface area contributed by atoms with Gasteiger partial charge in [-0.2, -0.15) is 0 Å². The van der Waals surface area contributed by atoms with Crippen LogP contribution in [0.2, 0.25) is 0 Å². The first-order chi connectivity index (χ1) is 12.5. The molecule has 2 heterocycles. The fourth-order valence-corrected chi connectivity index (χ4v) is 2.92. The minimum Gasteiger partial charge on any atom is -0.447 e. The quantitative estimate of drug-likeness (QED) is 0.858. The average Bonchev–Trinajstić information content (AvgIpc) is 3.09. The summed E-state index contributed by atoms with van der Waals surface area (Å²) in [4.78, 5) is 20.5. The van der Waals surface area contributed by atoms with Gasteiger partial charge < -0.3 is 14.6 Å². The largest absolute Gasteiger partial charge is 0.447 e. The predicted molar refractivity (Wildman–Crippen MR) is 97.6 cm³/mol. The maximum Gasteiger partial charge on any atom is 0.273 e. The number of hydrogen-bond acceptors (Lipinski definition) is 5. The van der Waals surface area contributed by atoms with Gasteiger partial charge in [0.05, 0.1) is 12.2 Å². The zero-order valence-corrected chi connectivity index (χ0v) is 15.2. The summed E-state index contributed by atoms with van der Waals surface area (Å²) in [5.74, 6) is 0.513. The molecule has 1 saturated heterocycles. The number of amides is 1. The fourth-order valence-electron chi connectivity index (χ4n) is 2.92. The van der Waals surface area contributed by atoms with Gasteiger partial charge in [-0.1, -0.05) is 26.0 Å². The van der Waals surface area contributed by atoms with Crippen molar-refractivity contribution in [3.63, 3.8) is 0 Å². The molecule has 0 bridgehead atoms. The van der Waals surface area contributed by atoms with E-state index in [1.54, 1.807) is 12.1 Å². The van der Waals surface area contributed by atoms with Crippen molar-refractivity contribution in [2.24, 2.45) is 5.92 Å². The Morgan fingerprint density at radius 1 is 1.27 bits per heavy atom. The molecule has 6 nitrogen and oxygen atoms in total. The van der Waals surface area contributed by atoms with E-state index < -0.39 is 0 Å². The SMILES string of the molecule is CC(C)CNC(=O)c1coc(CN2CCN(c3ccccc3F)CC2)n1. The summed E-state index contributed by atoms with van der Waals surface area (Å²) >= 11 is 0. The molecule has 0 atom stereocenters. The summed E-state index contributed by atoms with van der Waals surface area (Å²) in [5.41, 5.74) is 0.957. The van der Waals surface area contributed by atoms with Crippen LogP contribution in [0.4, 0.5) is 10.1 Å². The first-order valence-corrected chi connectivity index (χ1v) is 8.97. The van der Waals surface area contributed by atoms with Crippen LogP contribution in [-0.2, 0) is 6.54 Å². The van der Waals surface area contributed by atoms with Gasteiger partial charge in [0, 0.05) is 32.7 Å². The molecule has 1 amide bonds. The van der Waals surface area contributed by atoms with Gasteiger partial charge in [0.2, 0.25) is 5.89 Å². The van der Waals surface area contributed by atoms with Crippen LogP contribution in [0.25, 0.3) is 0 Å². The van der Waals surface area contributed by atoms with E-state index in [9.17, 15) is 9.18 Å². The van der Waals surface area contributed by atoms with Crippen molar-refractivity contribution in [3.8, 4) is 0 Å². The van der Waals surface area contributed by atoms with Gasteiger partial charge in [0.25, 0.3) is 5.91 Å². The Bertz CT molecular complexity index is 739. The second kappa shape index (κ2) is 8.31. The smallest absolute Gasteiger partial charge is 0.273 e. The average molecular weight is 360 g/mol. The van der Waals surface area contributed by atoms with E-state index in [1.807, 2.05) is 24.8 Å². The van der Waals surface area contributed by atoms with Crippen LogP contribution in [0.15, 0.2) is 34.9 Å². The third kappa shape index (κ3) is 4.60. The molecule has 7 heteroatoms. The molecule has 0 aliphatic carbocycles.